The molecule has 5 aliphatic rings. The quantitative estimate of drug-likeness (QED) is 0.605. The van der Waals surface area contributed by atoms with Crippen molar-refractivity contribution in [2.45, 2.75) is 51.0 Å². The molecule has 1 aromatic heterocycles. The van der Waals surface area contributed by atoms with Gasteiger partial charge in [-0.1, -0.05) is 25.0 Å². The first-order valence-corrected chi connectivity index (χ1v) is 15.1. The van der Waals surface area contributed by atoms with Crippen molar-refractivity contribution in [3.05, 3.63) is 24.3 Å². The van der Waals surface area contributed by atoms with E-state index >= 15 is 0 Å². The molecule has 3 saturated carbocycles. The molecule has 7 atom stereocenters. The molecule has 1 N–H and O–H groups in total. The molecule has 2 aromatic rings. The third-order valence-electron chi connectivity index (χ3n) is 10.5. The van der Waals surface area contributed by atoms with Crippen LogP contribution in [-0.4, -0.2) is 76.0 Å². The van der Waals surface area contributed by atoms with Crippen LogP contribution in [0.15, 0.2) is 24.3 Å². The standard InChI is InChI=1S/C29H38N4O3S/c1-29(36)15-20-14-22(29)25-24(20)27(34)33(28(25)35)17-19-7-3-2-6-18(19)16-31-10-12-32(13-11-31)26-21-8-4-5-9-23(21)37-30-26/h4-5,8-9,18-20,22,24-25,36H,2-3,6-7,10-17H2,1H3/t18?,19-,20+,22+,24+,25-,29+/m0/s1. The van der Waals surface area contributed by atoms with E-state index in [-0.39, 0.29) is 35.5 Å². The van der Waals surface area contributed by atoms with Gasteiger partial charge in [0.05, 0.1) is 22.1 Å². The average Bonchev–Trinajstić information content (AvgIpc) is 3.62. The second-order valence-electron chi connectivity index (χ2n) is 12.6. The first-order chi connectivity index (χ1) is 17.9. The number of hydrogen-bond acceptors (Lipinski definition) is 7. The maximum absolute atomic E-state index is 13.5. The van der Waals surface area contributed by atoms with Crippen LogP contribution in [0.2, 0.25) is 0 Å². The Hall–Kier alpha value is -2.03. The van der Waals surface area contributed by atoms with Gasteiger partial charge in [0.1, 0.15) is 5.82 Å². The van der Waals surface area contributed by atoms with E-state index in [0.29, 0.717) is 24.8 Å². The van der Waals surface area contributed by atoms with Crippen molar-refractivity contribution < 1.29 is 14.7 Å². The van der Waals surface area contributed by atoms with Crippen LogP contribution >= 0.6 is 11.5 Å². The van der Waals surface area contributed by atoms with Crippen LogP contribution in [0.25, 0.3) is 10.1 Å². The molecule has 2 amide bonds. The van der Waals surface area contributed by atoms with Gasteiger partial charge in [-0.3, -0.25) is 19.4 Å². The lowest BCUT2D eigenvalue weighted by Gasteiger charge is -2.40. The molecule has 1 aromatic carbocycles. The molecule has 7 nitrogen and oxygen atoms in total. The fraction of sp³-hybridized carbons (Fsp3) is 0.690. The molecular weight excluding hydrogens is 484 g/mol. The van der Waals surface area contributed by atoms with Gasteiger partial charge in [0.25, 0.3) is 0 Å². The molecule has 3 aliphatic carbocycles. The van der Waals surface area contributed by atoms with E-state index in [4.69, 9.17) is 4.37 Å². The SMILES string of the molecule is C[C@@]1(O)C[C@H]2C[C@@H]1[C@@H]1C(=O)N(C[C@@H]3CCCCC3CN3CCN(c4nsc5ccccc45)CC3)C(=O)[C@H]21. The molecule has 198 valence electrons. The van der Waals surface area contributed by atoms with Crippen molar-refractivity contribution in [2.24, 2.45) is 35.5 Å². The van der Waals surface area contributed by atoms with Crippen LogP contribution in [-0.2, 0) is 9.59 Å². The summed E-state index contributed by atoms with van der Waals surface area (Å²) in [5.41, 5.74) is -0.794. The van der Waals surface area contributed by atoms with Crippen LogP contribution in [0, 0.1) is 35.5 Å². The summed E-state index contributed by atoms with van der Waals surface area (Å²) >= 11 is 1.58. The van der Waals surface area contributed by atoms with Gasteiger partial charge in [0.15, 0.2) is 0 Å². The molecule has 0 radical (unpaired) electrons. The third-order valence-corrected chi connectivity index (χ3v) is 11.3. The summed E-state index contributed by atoms with van der Waals surface area (Å²) in [6, 6.07) is 8.49. The highest BCUT2D eigenvalue weighted by Crippen LogP contribution is 2.60. The van der Waals surface area contributed by atoms with Crippen LogP contribution in [0.4, 0.5) is 5.82 Å². The molecule has 3 heterocycles. The highest BCUT2D eigenvalue weighted by atomic mass is 32.1. The molecular formula is C29H38N4O3S. The monoisotopic (exact) mass is 522 g/mol. The smallest absolute Gasteiger partial charge is 0.233 e. The number of carbonyl (C=O) groups excluding carboxylic acids is 2. The lowest BCUT2D eigenvalue weighted by Crippen LogP contribution is -2.49. The molecule has 37 heavy (non-hydrogen) atoms. The van der Waals surface area contributed by atoms with Crippen molar-refractivity contribution in [3.63, 3.8) is 0 Å². The van der Waals surface area contributed by atoms with Crippen molar-refractivity contribution in [3.8, 4) is 0 Å². The van der Waals surface area contributed by atoms with Gasteiger partial charge in [-0.15, -0.1) is 0 Å². The number of piperazine rings is 1. The second-order valence-corrected chi connectivity index (χ2v) is 13.4. The minimum atomic E-state index is -0.794. The highest BCUT2D eigenvalue weighted by molar-refractivity contribution is 7.13. The summed E-state index contributed by atoms with van der Waals surface area (Å²) in [6.45, 7) is 7.53. The van der Waals surface area contributed by atoms with Crippen LogP contribution < -0.4 is 4.90 Å². The van der Waals surface area contributed by atoms with Crippen molar-refractivity contribution >= 4 is 39.3 Å². The minimum Gasteiger partial charge on any atom is -0.390 e. The number of carbonyl (C=O) groups is 2. The number of rotatable bonds is 5. The first-order valence-electron chi connectivity index (χ1n) is 14.3. The topological polar surface area (TPSA) is 77.0 Å². The van der Waals surface area contributed by atoms with Crippen LogP contribution in [0.3, 0.4) is 0 Å². The summed E-state index contributed by atoms with van der Waals surface area (Å²) < 4.78 is 6.00. The van der Waals surface area contributed by atoms with Gasteiger partial charge >= 0.3 is 0 Å². The Bertz CT molecular complexity index is 1200. The van der Waals surface area contributed by atoms with E-state index < -0.39 is 5.60 Å². The average molecular weight is 523 g/mol. The van der Waals surface area contributed by atoms with Gasteiger partial charge in [0, 0.05) is 50.6 Å². The fourth-order valence-electron chi connectivity index (χ4n) is 8.60. The Morgan fingerprint density at radius 1 is 1.00 bits per heavy atom. The number of fused-ring (bicyclic) bond motifs is 6. The molecule has 2 aliphatic heterocycles. The molecule has 7 rings (SSSR count). The van der Waals surface area contributed by atoms with E-state index in [9.17, 15) is 14.7 Å². The number of benzene rings is 1. The third kappa shape index (κ3) is 3.93. The maximum atomic E-state index is 13.5. The largest absolute Gasteiger partial charge is 0.390 e. The normalized spacial score (nSPS) is 38.2. The number of anilines is 1. The summed E-state index contributed by atoms with van der Waals surface area (Å²) in [6.07, 6.45) is 6.22. The Labute approximate surface area is 223 Å². The summed E-state index contributed by atoms with van der Waals surface area (Å²) in [5.74, 6) is 1.80. The Morgan fingerprint density at radius 3 is 2.49 bits per heavy atom. The Balaban J connectivity index is 0.991. The van der Waals surface area contributed by atoms with E-state index in [1.165, 1.54) is 29.3 Å². The van der Waals surface area contributed by atoms with Crippen LogP contribution in [0.1, 0.15) is 45.4 Å². The molecule has 8 heteroatoms. The summed E-state index contributed by atoms with van der Waals surface area (Å²) in [7, 11) is 0. The number of imide groups is 1. The second kappa shape index (κ2) is 9.02. The predicted octanol–water partition coefficient (Wildman–Crippen LogP) is 3.62. The van der Waals surface area contributed by atoms with Crippen molar-refractivity contribution in [2.75, 3.05) is 44.2 Å². The van der Waals surface area contributed by atoms with E-state index in [0.717, 1.165) is 51.4 Å². The van der Waals surface area contributed by atoms with Gasteiger partial charge in [-0.2, -0.15) is 4.37 Å². The lowest BCUT2D eigenvalue weighted by molar-refractivity contribution is -0.142. The number of hydrogen-bond donors (Lipinski definition) is 1. The predicted molar refractivity (Wildman–Crippen MR) is 144 cm³/mol. The van der Waals surface area contributed by atoms with Gasteiger partial charge in [-0.05, 0) is 74.0 Å². The molecule has 0 spiro atoms. The van der Waals surface area contributed by atoms with Gasteiger partial charge < -0.3 is 10.0 Å². The fourth-order valence-corrected chi connectivity index (χ4v) is 9.40. The number of likely N-dealkylation sites (tertiary alicyclic amines) is 1. The zero-order chi connectivity index (χ0) is 25.3. The first kappa shape index (κ1) is 24.0. The Morgan fingerprint density at radius 2 is 1.70 bits per heavy atom. The van der Waals surface area contributed by atoms with Crippen molar-refractivity contribution in [1.29, 1.82) is 0 Å². The number of nitrogens with zero attached hydrogens (tertiary/aromatic N) is 4. The number of aromatic nitrogens is 1. The van der Waals surface area contributed by atoms with Gasteiger partial charge in [-0.25, -0.2) is 0 Å². The molecule has 2 bridgehead atoms. The van der Waals surface area contributed by atoms with E-state index in [1.807, 2.05) is 6.92 Å². The zero-order valence-electron chi connectivity index (χ0n) is 21.7. The molecule has 1 unspecified atom stereocenters. The zero-order valence-corrected chi connectivity index (χ0v) is 22.5. The summed E-state index contributed by atoms with van der Waals surface area (Å²) in [5, 5.41) is 12.1. The Kier molecular flexibility index (Phi) is 5.86. The van der Waals surface area contributed by atoms with E-state index in [2.05, 4.69) is 34.1 Å². The van der Waals surface area contributed by atoms with Gasteiger partial charge in [0.2, 0.25) is 11.8 Å². The minimum absolute atomic E-state index is 0.0101. The van der Waals surface area contributed by atoms with Crippen LogP contribution in [0.5, 0.6) is 0 Å². The highest BCUT2D eigenvalue weighted by Gasteiger charge is 2.67. The maximum Gasteiger partial charge on any atom is 0.233 e. The number of aliphatic hydroxyl groups is 1. The lowest BCUT2D eigenvalue weighted by atomic mass is 9.73. The molecule has 2 saturated heterocycles. The van der Waals surface area contributed by atoms with Crippen molar-refractivity contribution in [1.82, 2.24) is 14.2 Å². The van der Waals surface area contributed by atoms with E-state index in [1.54, 1.807) is 16.4 Å². The molecule has 5 fully saturated rings. The number of amides is 2. The summed E-state index contributed by atoms with van der Waals surface area (Å²) in [4.78, 5) is 33.5.